The second kappa shape index (κ2) is 5.53. The van der Waals surface area contributed by atoms with Crippen LogP contribution in [0.5, 0.6) is 5.75 Å². The minimum atomic E-state index is -0.416. The third-order valence-corrected chi connectivity index (χ3v) is 3.01. The zero-order valence-corrected chi connectivity index (χ0v) is 11.1. The molecule has 18 heavy (non-hydrogen) atoms. The lowest BCUT2D eigenvalue weighted by Crippen LogP contribution is -2.31. The first-order valence-electron chi connectivity index (χ1n) is 6.63. The van der Waals surface area contributed by atoms with Crippen molar-refractivity contribution in [2.24, 2.45) is 11.7 Å². The Bertz CT molecular complexity index is 424. The molecule has 0 saturated heterocycles. The molecule has 0 amide bonds. The van der Waals surface area contributed by atoms with E-state index in [-0.39, 0.29) is 5.78 Å². The Hall–Kier alpha value is -1.35. The number of Topliss-reactive ketones (excluding diaryl/α,β-unsaturated/α-hetero) is 1. The van der Waals surface area contributed by atoms with E-state index in [9.17, 15) is 4.79 Å². The van der Waals surface area contributed by atoms with E-state index < -0.39 is 6.04 Å². The summed E-state index contributed by atoms with van der Waals surface area (Å²) in [6, 6.07) is 6.94. The van der Waals surface area contributed by atoms with Gasteiger partial charge in [-0.1, -0.05) is 26.0 Å². The van der Waals surface area contributed by atoms with Crippen LogP contribution in [0.1, 0.15) is 43.5 Å². The van der Waals surface area contributed by atoms with Crippen LogP contribution in [0.2, 0.25) is 0 Å². The molecule has 98 valence electrons. The lowest BCUT2D eigenvalue weighted by Gasteiger charge is -2.13. The summed E-state index contributed by atoms with van der Waals surface area (Å²) in [5, 5.41) is 0. The molecule has 0 aromatic heterocycles. The van der Waals surface area contributed by atoms with E-state index in [1.54, 1.807) is 6.07 Å². The third-order valence-electron chi connectivity index (χ3n) is 3.01. The molecule has 2 N–H and O–H groups in total. The van der Waals surface area contributed by atoms with Crippen LogP contribution in [0.25, 0.3) is 0 Å². The van der Waals surface area contributed by atoms with Gasteiger partial charge in [0.05, 0.1) is 12.1 Å². The van der Waals surface area contributed by atoms with Gasteiger partial charge in [0.25, 0.3) is 0 Å². The van der Waals surface area contributed by atoms with Gasteiger partial charge in [-0.3, -0.25) is 4.79 Å². The molecule has 1 fully saturated rings. The van der Waals surface area contributed by atoms with Crippen molar-refractivity contribution < 1.29 is 9.53 Å². The van der Waals surface area contributed by atoms with Gasteiger partial charge in [0.15, 0.2) is 5.78 Å². The smallest absolute Gasteiger partial charge is 0.179 e. The zero-order valence-electron chi connectivity index (χ0n) is 11.1. The number of ether oxygens (including phenoxy) is 1. The van der Waals surface area contributed by atoms with Crippen LogP contribution < -0.4 is 10.5 Å². The molecule has 3 heteroatoms. The van der Waals surface area contributed by atoms with Crippen molar-refractivity contribution in [3.8, 4) is 5.75 Å². The van der Waals surface area contributed by atoms with Gasteiger partial charge in [-0.25, -0.2) is 0 Å². The van der Waals surface area contributed by atoms with E-state index in [2.05, 4.69) is 13.8 Å². The standard InChI is InChI=1S/C15H21NO2/c1-10(2)8-14(16)15(17)11-4-3-5-13(9-11)18-12-6-7-12/h3-5,9-10,12,14H,6-8,16H2,1-2H3. The van der Waals surface area contributed by atoms with Gasteiger partial charge in [-0.2, -0.15) is 0 Å². The van der Waals surface area contributed by atoms with Gasteiger partial charge in [0.1, 0.15) is 5.75 Å². The normalized spacial score (nSPS) is 16.7. The van der Waals surface area contributed by atoms with Crippen LogP contribution in [0.4, 0.5) is 0 Å². The average Bonchev–Trinajstić information content (AvgIpc) is 3.11. The van der Waals surface area contributed by atoms with E-state index in [4.69, 9.17) is 10.5 Å². The average molecular weight is 247 g/mol. The maximum absolute atomic E-state index is 12.2. The van der Waals surface area contributed by atoms with Crippen LogP contribution in [-0.4, -0.2) is 17.9 Å². The minimum Gasteiger partial charge on any atom is -0.490 e. The van der Waals surface area contributed by atoms with Gasteiger partial charge >= 0.3 is 0 Å². The molecule has 0 spiro atoms. The molecule has 1 aromatic rings. The Morgan fingerprint density at radius 2 is 2.17 bits per heavy atom. The molecule has 2 rings (SSSR count). The maximum atomic E-state index is 12.2. The molecular formula is C15H21NO2. The minimum absolute atomic E-state index is 0.00458. The molecule has 1 aliphatic rings. The fraction of sp³-hybridized carbons (Fsp3) is 0.533. The van der Waals surface area contributed by atoms with E-state index in [1.165, 1.54) is 0 Å². The number of carbonyl (C=O) groups excluding carboxylic acids is 1. The summed E-state index contributed by atoms with van der Waals surface area (Å²) in [5.41, 5.74) is 6.58. The molecule has 0 radical (unpaired) electrons. The van der Waals surface area contributed by atoms with Crippen LogP contribution >= 0.6 is 0 Å². The predicted octanol–water partition coefficient (Wildman–Crippen LogP) is 2.78. The van der Waals surface area contributed by atoms with E-state index in [0.717, 1.165) is 18.6 Å². The highest BCUT2D eigenvalue weighted by Crippen LogP contribution is 2.27. The first-order chi connectivity index (χ1) is 8.56. The van der Waals surface area contributed by atoms with Crippen molar-refractivity contribution in [2.75, 3.05) is 0 Å². The van der Waals surface area contributed by atoms with Crippen molar-refractivity contribution in [1.29, 1.82) is 0 Å². The lowest BCUT2D eigenvalue weighted by atomic mass is 9.97. The Kier molecular flexibility index (Phi) is 4.02. The number of hydrogen-bond donors (Lipinski definition) is 1. The summed E-state index contributed by atoms with van der Waals surface area (Å²) in [4.78, 5) is 12.2. The maximum Gasteiger partial charge on any atom is 0.179 e. The summed E-state index contributed by atoms with van der Waals surface area (Å²) < 4.78 is 5.68. The number of benzene rings is 1. The Balaban J connectivity index is 2.04. The Morgan fingerprint density at radius 1 is 1.44 bits per heavy atom. The summed E-state index contributed by atoms with van der Waals surface area (Å²) in [7, 11) is 0. The van der Waals surface area contributed by atoms with E-state index in [1.807, 2.05) is 18.2 Å². The van der Waals surface area contributed by atoms with Crippen LogP contribution in [0.3, 0.4) is 0 Å². The molecule has 1 saturated carbocycles. The monoisotopic (exact) mass is 247 g/mol. The van der Waals surface area contributed by atoms with Crippen LogP contribution in [0, 0.1) is 5.92 Å². The Labute approximate surface area is 108 Å². The van der Waals surface area contributed by atoms with Gasteiger partial charge in [-0.15, -0.1) is 0 Å². The highest BCUT2D eigenvalue weighted by Gasteiger charge is 2.24. The van der Waals surface area contributed by atoms with Gasteiger partial charge in [-0.05, 0) is 37.3 Å². The molecule has 0 aliphatic heterocycles. The number of nitrogens with two attached hydrogens (primary N) is 1. The highest BCUT2D eigenvalue weighted by molar-refractivity contribution is 6.00. The lowest BCUT2D eigenvalue weighted by molar-refractivity contribution is 0.0950. The van der Waals surface area contributed by atoms with Gasteiger partial charge in [0, 0.05) is 5.56 Å². The van der Waals surface area contributed by atoms with Crippen molar-refractivity contribution in [1.82, 2.24) is 0 Å². The highest BCUT2D eigenvalue weighted by atomic mass is 16.5. The number of ketones is 1. The van der Waals surface area contributed by atoms with Crippen molar-refractivity contribution >= 4 is 5.78 Å². The van der Waals surface area contributed by atoms with Crippen molar-refractivity contribution in [3.63, 3.8) is 0 Å². The summed E-state index contributed by atoms with van der Waals surface area (Å²) >= 11 is 0. The summed E-state index contributed by atoms with van der Waals surface area (Å²) in [5.74, 6) is 1.21. The predicted molar refractivity (Wildman–Crippen MR) is 71.9 cm³/mol. The topological polar surface area (TPSA) is 52.3 Å². The number of rotatable bonds is 6. The van der Waals surface area contributed by atoms with Gasteiger partial charge < -0.3 is 10.5 Å². The second-order valence-electron chi connectivity index (χ2n) is 5.45. The Morgan fingerprint density at radius 3 is 2.78 bits per heavy atom. The largest absolute Gasteiger partial charge is 0.490 e. The second-order valence-corrected chi connectivity index (χ2v) is 5.45. The first kappa shape index (κ1) is 13.1. The van der Waals surface area contributed by atoms with E-state index >= 15 is 0 Å². The SMILES string of the molecule is CC(C)CC(N)C(=O)c1cccc(OC2CC2)c1. The fourth-order valence-electron chi connectivity index (χ4n) is 1.93. The molecular weight excluding hydrogens is 226 g/mol. The summed E-state index contributed by atoms with van der Waals surface area (Å²) in [6.45, 7) is 4.14. The van der Waals surface area contributed by atoms with Crippen molar-refractivity contribution in [3.05, 3.63) is 29.8 Å². The zero-order chi connectivity index (χ0) is 13.1. The van der Waals surface area contributed by atoms with Crippen LogP contribution in [-0.2, 0) is 0 Å². The molecule has 0 heterocycles. The quantitative estimate of drug-likeness (QED) is 0.786. The number of carbonyl (C=O) groups is 1. The molecule has 3 nitrogen and oxygen atoms in total. The molecule has 0 bridgehead atoms. The van der Waals surface area contributed by atoms with Gasteiger partial charge in [0.2, 0.25) is 0 Å². The third kappa shape index (κ3) is 3.57. The molecule has 1 atom stereocenters. The van der Waals surface area contributed by atoms with E-state index in [0.29, 0.717) is 24.0 Å². The molecule has 1 aromatic carbocycles. The van der Waals surface area contributed by atoms with Crippen molar-refractivity contribution in [2.45, 2.75) is 45.3 Å². The number of hydrogen-bond acceptors (Lipinski definition) is 3. The summed E-state index contributed by atoms with van der Waals surface area (Å²) in [6.07, 6.45) is 3.29. The molecule has 1 aliphatic carbocycles. The molecule has 1 unspecified atom stereocenters. The van der Waals surface area contributed by atoms with Crippen LogP contribution in [0.15, 0.2) is 24.3 Å². The first-order valence-corrected chi connectivity index (χ1v) is 6.63. The fourth-order valence-corrected chi connectivity index (χ4v) is 1.93.